The summed E-state index contributed by atoms with van der Waals surface area (Å²) in [5.41, 5.74) is -3.52. The van der Waals surface area contributed by atoms with Gasteiger partial charge in [-0.2, -0.15) is 13.2 Å². The second-order valence-corrected chi connectivity index (χ2v) is 7.55. The van der Waals surface area contributed by atoms with Crippen molar-refractivity contribution in [2.75, 3.05) is 11.9 Å². The maximum atomic E-state index is 12.7. The second-order valence-electron chi connectivity index (χ2n) is 5.51. The molecule has 0 radical (unpaired) electrons. The largest absolute Gasteiger partial charge is 0.483 e. The molecule has 2 atom stereocenters. The maximum absolute atomic E-state index is 12.7. The van der Waals surface area contributed by atoms with Gasteiger partial charge in [0.2, 0.25) is 0 Å². The van der Waals surface area contributed by atoms with E-state index in [1.807, 2.05) is 30.3 Å². The van der Waals surface area contributed by atoms with Gasteiger partial charge in [-0.05, 0) is 29.8 Å². The van der Waals surface area contributed by atoms with Gasteiger partial charge in [-0.3, -0.25) is 0 Å². The lowest BCUT2D eigenvalue weighted by Crippen LogP contribution is -2.31. The number of nitrogens with one attached hydrogen (secondary N) is 3. The van der Waals surface area contributed by atoms with Gasteiger partial charge in [-0.15, -0.1) is 6.42 Å². The molecule has 138 valence electrons. The standard InChI is InChI=1S/C18H18F3N3OS/c1-2-15(13-23-12-14-6-4-3-5-7-14)24-16-8-10-17(11-9-16)26(22,25)18(19,20)21/h1,3-11,15,22-24H,12-13H2/t15-,26?/m0/s1. The highest BCUT2D eigenvalue weighted by Crippen LogP contribution is 2.31. The fraction of sp³-hybridized carbons (Fsp3) is 0.222. The third-order valence-corrected chi connectivity index (χ3v) is 5.16. The molecule has 0 aliphatic carbocycles. The zero-order chi connectivity index (χ0) is 19.2. The Morgan fingerprint density at radius 3 is 2.27 bits per heavy atom. The molecule has 0 heterocycles. The second kappa shape index (κ2) is 8.25. The lowest BCUT2D eigenvalue weighted by molar-refractivity contribution is -0.0406. The lowest BCUT2D eigenvalue weighted by atomic mass is 10.2. The molecule has 4 nitrogen and oxygen atoms in total. The summed E-state index contributed by atoms with van der Waals surface area (Å²) < 4.78 is 56.6. The van der Waals surface area contributed by atoms with Crippen LogP contribution in [0.3, 0.4) is 0 Å². The van der Waals surface area contributed by atoms with Crippen molar-refractivity contribution in [3.8, 4) is 12.3 Å². The average Bonchev–Trinajstić information content (AvgIpc) is 2.61. The highest BCUT2D eigenvalue weighted by molar-refractivity contribution is 7.93. The van der Waals surface area contributed by atoms with Gasteiger partial charge < -0.3 is 10.6 Å². The highest BCUT2D eigenvalue weighted by Gasteiger charge is 2.43. The number of hydrogen-bond donors (Lipinski definition) is 3. The number of alkyl halides is 3. The van der Waals surface area contributed by atoms with E-state index in [2.05, 4.69) is 16.6 Å². The fourth-order valence-electron chi connectivity index (χ4n) is 2.19. The molecule has 0 spiro atoms. The van der Waals surface area contributed by atoms with E-state index in [1.165, 1.54) is 12.1 Å². The van der Waals surface area contributed by atoms with E-state index in [4.69, 9.17) is 11.2 Å². The van der Waals surface area contributed by atoms with E-state index < -0.39 is 20.1 Å². The Bertz CT molecular complexity index is 857. The van der Waals surface area contributed by atoms with Gasteiger partial charge in [-0.1, -0.05) is 36.3 Å². The summed E-state index contributed by atoms with van der Waals surface area (Å²) in [4.78, 5) is -0.588. The average molecular weight is 381 g/mol. The van der Waals surface area contributed by atoms with Crippen molar-refractivity contribution in [3.05, 3.63) is 60.2 Å². The predicted molar refractivity (Wildman–Crippen MR) is 96.0 cm³/mol. The molecular formula is C18H18F3N3OS. The summed E-state index contributed by atoms with van der Waals surface area (Å²) in [6.45, 7) is 1.08. The first kappa shape index (κ1) is 19.8. The minimum Gasteiger partial charge on any atom is -0.371 e. The lowest BCUT2D eigenvalue weighted by Gasteiger charge is -2.16. The Kier molecular flexibility index (Phi) is 6.29. The van der Waals surface area contributed by atoms with Gasteiger partial charge in [0.1, 0.15) is 6.04 Å². The third-order valence-electron chi connectivity index (χ3n) is 3.57. The first-order valence-electron chi connectivity index (χ1n) is 7.66. The summed E-state index contributed by atoms with van der Waals surface area (Å²) in [7, 11) is -4.85. The van der Waals surface area contributed by atoms with E-state index in [9.17, 15) is 17.4 Å². The molecule has 2 aromatic rings. The topological polar surface area (TPSA) is 65.0 Å². The molecule has 1 unspecified atom stereocenters. The first-order chi connectivity index (χ1) is 12.2. The van der Waals surface area contributed by atoms with Crippen LogP contribution in [0.4, 0.5) is 18.9 Å². The van der Waals surface area contributed by atoms with E-state index >= 15 is 0 Å². The van der Waals surface area contributed by atoms with Crippen LogP contribution in [0, 0.1) is 17.1 Å². The molecule has 0 fully saturated rings. The number of rotatable bonds is 7. The van der Waals surface area contributed by atoms with Gasteiger partial charge >= 0.3 is 5.51 Å². The molecule has 0 aliphatic heterocycles. The Balaban J connectivity index is 1.95. The zero-order valence-electron chi connectivity index (χ0n) is 13.7. The van der Waals surface area contributed by atoms with Gasteiger partial charge in [0.05, 0.1) is 4.90 Å². The van der Waals surface area contributed by atoms with Crippen LogP contribution in [0.5, 0.6) is 0 Å². The van der Waals surface area contributed by atoms with E-state index in [-0.39, 0.29) is 6.04 Å². The van der Waals surface area contributed by atoms with Gasteiger partial charge in [0, 0.05) is 18.8 Å². The van der Waals surface area contributed by atoms with Crippen LogP contribution < -0.4 is 10.6 Å². The third kappa shape index (κ3) is 5.00. The van der Waals surface area contributed by atoms with Crippen molar-refractivity contribution in [2.24, 2.45) is 0 Å². The van der Waals surface area contributed by atoms with E-state index in [0.717, 1.165) is 17.7 Å². The van der Waals surface area contributed by atoms with Crippen LogP contribution >= 0.6 is 0 Å². The smallest absolute Gasteiger partial charge is 0.371 e. The summed E-state index contributed by atoms with van der Waals surface area (Å²) in [6.07, 6.45) is 5.48. The van der Waals surface area contributed by atoms with Crippen molar-refractivity contribution >= 4 is 15.4 Å². The predicted octanol–water partition coefficient (Wildman–Crippen LogP) is 3.82. The maximum Gasteiger partial charge on any atom is 0.483 e. The molecule has 3 N–H and O–H groups in total. The normalized spacial score (nSPS) is 14.8. The van der Waals surface area contributed by atoms with Crippen molar-refractivity contribution in [1.29, 1.82) is 4.78 Å². The first-order valence-corrected chi connectivity index (χ1v) is 9.22. The van der Waals surface area contributed by atoms with Crippen LogP contribution in [-0.2, 0) is 16.3 Å². The Hall–Kier alpha value is -2.50. The Labute approximate surface area is 150 Å². The summed E-state index contributed by atoms with van der Waals surface area (Å²) in [6, 6.07) is 14.1. The van der Waals surface area contributed by atoms with Crippen molar-refractivity contribution in [1.82, 2.24) is 5.32 Å². The number of anilines is 1. The Morgan fingerprint density at radius 2 is 1.73 bits per heavy atom. The molecule has 0 amide bonds. The Morgan fingerprint density at radius 1 is 1.12 bits per heavy atom. The molecule has 26 heavy (non-hydrogen) atoms. The van der Waals surface area contributed by atoms with Crippen LogP contribution in [0.2, 0.25) is 0 Å². The highest BCUT2D eigenvalue weighted by atomic mass is 32.2. The number of halogens is 3. The van der Waals surface area contributed by atoms with Crippen LogP contribution in [0.25, 0.3) is 0 Å². The van der Waals surface area contributed by atoms with Gasteiger partial charge in [0.15, 0.2) is 9.73 Å². The quantitative estimate of drug-likeness (QED) is 0.639. The van der Waals surface area contributed by atoms with Crippen molar-refractivity contribution < 1.29 is 17.4 Å². The molecule has 0 saturated heterocycles. The molecule has 0 bridgehead atoms. The molecule has 0 aliphatic rings. The number of benzene rings is 2. The summed E-state index contributed by atoms with van der Waals surface area (Å²) in [5, 5.41) is 6.20. The molecule has 8 heteroatoms. The van der Waals surface area contributed by atoms with Gasteiger partial charge in [0.25, 0.3) is 0 Å². The molecule has 2 aromatic carbocycles. The number of terminal acetylenes is 1. The summed E-state index contributed by atoms with van der Waals surface area (Å²) >= 11 is 0. The molecule has 0 aromatic heterocycles. The van der Waals surface area contributed by atoms with Gasteiger partial charge in [-0.25, -0.2) is 8.99 Å². The van der Waals surface area contributed by atoms with E-state index in [1.54, 1.807) is 0 Å². The summed E-state index contributed by atoms with van der Waals surface area (Å²) in [5.74, 6) is 2.56. The van der Waals surface area contributed by atoms with Crippen molar-refractivity contribution in [2.45, 2.75) is 23.0 Å². The van der Waals surface area contributed by atoms with Crippen LogP contribution in [-0.4, -0.2) is 22.3 Å². The minimum atomic E-state index is -5.11. The SMILES string of the molecule is C#C[C@@H](CNCc1ccccc1)Nc1ccc(S(=N)(=O)C(F)(F)F)cc1. The zero-order valence-corrected chi connectivity index (χ0v) is 14.5. The molecule has 2 rings (SSSR count). The minimum absolute atomic E-state index is 0.382. The monoisotopic (exact) mass is 381 g/mol. The van der Waals surface area contributed by atoms with Crippen LogP contribution in [0.15, 0.2) is 59.5 Å². The molecular weight excluding hydrogens is 363 g/mol. The number of hydrogen-bond acceptors (Lipinski definition) is 4. The van der Waals surface area contributed by atoms with Crippen LogP contribution in [0.1, 0.15) is 5.56 Å². The van der Waals surface area contributed by atoms with Crippen molar-refractivity contribution in [3.63, 3.8) is 0 Å². The molecule has 0 saturated carbocycles. The van der Waals surface area contributed by atoms with E-state index in [0.29, 0.717) is 18.8 Å². The fourth-order valence-corrected chi connectivity index (χ4v) is 2.97.